The SMILES string of the molecule is COC[C@@]1(c2cc(NC(=O)c3ccc(Cl)cn3)ccc2F)N=C(N)O[C@H]2C[C@H]21. The van der Waals surface area contributed by atoms with E-state index in [1.807, 2.05) is 0 Å². The third kappa shape index (κ3) is 3.29. The lowest BCUT2D eigenvalue weighted by Crippen LogP contribution is -2.41. The Morgan fingerprint density at radius 3 is 3.00 bits per heavy atom. The maximum absolute atomic E-state index is 14.8. The molecule has 7 nitrogen and oxygen atoms in total. The Bertz CT molecular complexity index is 953. The summed E-state index contributed by atoms with van der Waals surface area (Å²) in [4.78, 5) is 20.8. The van der Waals surface area contributed by atoms with Gasteiger partial charge in [0.05, 0.1) is 11.6 Å². The molecule has 2 aromatic rings. The maximum atomic E-state index is 14.8. The van der Waals surface area contributed by atoms with Crippen molar-refractivity contribution in [1.29, 1.82) is 0 Å². The van der Waals surface area contributed by atoms with Crippen molar-refractivity contribution >= 4 is 29.2 Å². The summed E-state index contributed by atoms with van der Waals surface area (Å²) in [5.74, 6) is -0.934. The van der Waals surface area contributed by atoms with Gasteiger partial charge in [0.2, 0.25) is 0 Å². The summed E-state index contributed by atoms with van der Waals surface area (Å²) in [5.41, 5.74) is 5.72. The Morgan fingerprint density at radius 1 is 1.46 bits per heavy atom. The number of pyridine rings is 1. The predicted octanol–water partition coefficient (Wildman–Crippen LogP) is 2.70. The molecule has 28 heavy (non-hydrogen) atoms. The summed E-state index contributed by atoms with van der Waals surface area (Å²) in [7, 11) is 1.52. The highest BCUT2D eigenvalue weighted by molar-refractivity contribution is 6.30. The molecule has 0 saturated heterocycles. The van der Waals surface area contributed by atoms with Crippen LogP contribution < -0.4 is 11.1 Å². The van der Waals surface area contributed by atoms with Crippen LogP contribution in [-0.4, -0.2) is 36.7 Å². The Labute approximate surface area is 165 Å². The second kappa shape index (κ2) is 7.03. The molecule has 1 amide bonds. The number of nitrogens with two attached hydrogens (primary N) is 1. The molecular weight excluding hydrogens is 387 g/mol. The van der Waals surface area contributed by atoms with Crippen molar-refractivity contribution in [3.63, 3.8) is 0 Å². The fraction of sp³-hybridized carbons (Fsp3) is 0.316. The van der Waals surface area contributed by atoms with Gasteiger partial charge >= 0.3 is 0 Å². The van der Waals surface area contributed by atoms with Crippen LogP contribution in [-0.2, 0) is 15.0 Å². The molecule has 3 N–H and O–H groups in total. The van der Waals surface area contributed by atoms with Gasteiger partial charge in [0, 0.05) is 30.5 Å². The number of benzene rings is 1. The number of aromatic nitrogens is 1. The molecule has 1 aliphatic carbocycles. The van der Waals surface area contributed by atoms with Gasteiger partial charge in [0.1, 0.15) is 23.2 Å². The zero-order chi connectivity index (χ0) is 19.9. The summed E-state index contributed by atoms with van der Waals surface area (Å²) in [6.45, 7) is 0.144. The first-order chi connectivity index (χ1) is 13.4. The van der Waals surface area contributed by atoms with Crippen molar-refractivity contribution in [3.8, 4) is 0 Å². The minimum atomic E-state index is -0.995. The molecule has 4 rings (SSSR count). The van der Waals surface area contributed by atoms with Gasteiger partial charge in [0.15, 0.2) is 0 Å². The van der Waals surface area contributed by atoms with Crippen LogP contribution in [0.3, 0.4) is 0 Å². The minimum Gasteiger partial charge on any atom is -0.462 e. The van der Waals surface area contributed by atoms with Gasteiger partial charge in [-0.1, -0.05) is 11.6 Å². The van der Waals surface area contributed by atoms with Gasteiger partial charge < -0.3 is 20.5 Å². The summed E-state index contributed by atoms with van der Waals surface area (Å²) in [6, 6.07) is 7.40. The van der Waals surface area contributed by atoms with E-state index in [0.717, 1.165) is 0 Å². The van der Waals surface area contributed by atoms with E-state index in [9.17, 15) is 9.18 Å². The summed E-state index contributed by atoms with van der Waals surface area (Å²) < 4.78 is 25.6. The lowest BCUT2D eigenvalue weighted by Gasteiger charge is -2.33. The Hall–Kier alpha value is -2.71. The molecule has 3 atom stereocenters. The molecule has 0 radical (unpaired) electrons. The summed E-state index contributed by atoms with van der Waals surface area (Å²) in [6.07, 6.45) is 1.98. The number of carbonyl (C=O) groups is 1. The number of rotatable bonds is 5. The van der Waals surface area contributed by atoms with Gasteiger partial charge in [-0.15, -0.1) is 0 Å². The first kappa shape index (κ1) is 18.6. The number of hydrogen-bond donors (Lipinski definition) is 2. The van der Waals surface area contributed by atoms with Gasteiger partial charge in [-0.25, -0.2) is 14.4 Å². The molecule has 0 spiro atoms. The van der Waals surface area contributed by atoms with Crippen molar-refractivity contribution in [3.05, 3.63) is 58.6 Å². The molecule has 1 saturated carbocycles. The molecule has 1 aliphatic heterocycles. The van der Waals surface area contributed by atoms with Gasteiger partial charge in [-0.05, 0) is 36.8 Å². The number of fused-ring (bicyclic) bond motifs is 1. The number of amides is 1. The molecule has 2 heterocycles. The number of ether oxygens (including phenoxy) is 2. The number of carbonyl (C=O) groups excluding carboxylic acids is 1. The standard InChI is InChI=1S/C19H18ClFN4O3/c1-27-9-19(13-7-16(13)28-18(22)25-19)12-6-11(3-4-14(12)21)24-17(26)15-5-2-10(20)8-23-15/h2-6,8,13,16H,7,9H2,1H3,(H2,22,25)(H,24,26)/t13-,16+,19+/m1/s1. The van der Waals surface area contributed by atoms with Gasteiger partial charge in [0.25, 0.3) is 11.9 Å². The number of anilines is 1. The van der Waals surface area contributed by atoms with E-state index < -0.39 is 17.3 Å². The van der Waals surface area contributed by atoms with Crippen molar-refractivity contribution in [2.24, 2.45) is 16.6 Å². The summed E-state index contributed by atoms with van der Waals surface area (Å²) >= 11 is 5.79. The monoisotopic (exact) mass is 404 g/mol. The molecular formula is C19H18ClFN4O3. The van der Waals surface area contributed by atoms with E-state index in [0.29, 0.717) is 22.7 Å². The molecule has 2 aliphatic rings. The van der Waals surface area contributed by atoms with Crippen LogP contribution in [0.25, 0.3) is 0 Å². The minimum absolute atomic E-state index is 0.00926. The van der Waals surface area contributed by atoms with E-state index in [4.69, 9.17) is 26.8 Å². The first-order valence-corrected chi connectivity index (χ1v) is 9.04. The molecule has 0 unspecified atom stereocenters. The molecule has 1 fully saturated rings. The quantitative estimate of drug-likeness (QED) is 0.798. The topological polar surface area (TPSA) is 98.8 Å². The van der Waals surface area contributed by atoms with E-state index in [2.05, 4.69) is 15.3 Å². The van der Waals surface area contributed by atoms with Crippen LogP contribution in [0.4, 0.5) is 10.1 Å². The van der Waals surface area contributed by atoms with Crippen LogP contribution in [0.1, 0.15) is 22.5 Å². The highest BCUT2D eigenvalue weighted by atomic mass is 35.5. The van der Waals surface area contributed by atoms with Crippen LogP contribution in [0, 0.1) is 11.7 Å². The molecule has 0 bridgehead atoms. The third-order valence-corrected chi connectivity index (χ3v) is 5.17. The smallest absolute Gasteiger partial charge is 0.283 e. The number of aliphatic imine (C=N–C) groups is 1. The average molecular weight is 405 g/mol. The second-order valence-electron chi connectivity index (χ2n) is 6.82. The second-order valence-corrected chi connectivity index (χ2v) is 7.25. The van der Waals surface area contributed by atoms with Crippen molar-refractivity contribution < 1.29 is 18.7 Å². The van der Waals surface area contributed by atoms with Gasteiger partial charge in [-0.3, -0.25) is 4.79 Å². The zero-order valence-corrected chi connectivity index (χ0v) is 15.7. The van der Waals surface area contributed by atoms with Crippen LogP contribution >= 0.6 is 11.6 Å². The van der Waals surface area contributed by atoms with Crippen LogP contribution in [0.5, 0.6) is 0 Å². The molecule has 146 valence electrons. The van der Waals surface area contributed by atoms with E-state index in [1.54, 1.807) is 12.1 Å². The van der Waals surface area contributed by atoms with Gasteiger partial charge in [-0.2, -0.15) is 0 Å². The number of nitrogens with zero attached hydrogens (tertiary/aromatic N) is 2. The number of methoxy groups -OCH3 is 1. The molecule has 9 heteroatoms. The third-order valence-electron chi connectivity index (χ3n) is 4.94. The lowest BCUT2D eigenvalue weighted by molar-refractivity contribution is 0.0897. The van der Waals surface area contributed by atoms with Crippen molar-refractivity contribution in [1.82, 2.24) is 4.98 Å². The first-order valence-electron chi connectivity index (χ1n) is 8.67. The van der Waals surface area contributed by atoms with E-state index in [1.165, 1.54) is 31.5 Å². The Morgan fingerprint density at radius 2 is 2.29 bits per heavy atom. The lowest BCUT2D eigenvalue weighted by atomic mass is 9.85. The highest BCUT2D eigenvalue weighted by Gasteiger charge is 2.59. The Balaban J connectivity index is 1.68. The number of amidine groups is 1. The molecule has 1 aromatic carbocycles. The fourth-order valence-corrected chi connectivity index (χ4v) is 3.71. The summed E-state index contributed by atoms with van der Waals surface area (Å²) in [5, 5.41) is 3.15. The Kier molecular flexibility index (Phi) is 4.68. The molecule has 1 aromatic heterocycles. The predicted molar refractivity (Wildman–Crippen MR) is 102 cm³/mol. The normalized spacial score (nSPS) is 25.3. The number of hydrogen-bond acceptors (Lipinski definition) is 6. The van der Waals surface area contributed by atoms with Crippen molar-refractivity contribution in [2.45, 2.75) is 18.1 Å². The van der Waals surface area contributed by atoms with Crippen molar-refractivity contribution in [2.75, 3.05) is 19.0 Å². The zero-order valence-electron chi connectivity index (χ0n) is 15.0. The number of nitrogens with one attached hydrogen (secondary N) is 1. The van der Waals surface area contributed by atoms with E-state index >= 15 is 0 Å². The average Bonchev–Trinajstić information content (AvgIpc) is 3.44. The van der Waals surface area contributed by atoms with Crippen LogP contribution in [0.2, 0.25) is 5.02 Å². The largest absolute Gasteiger partial charge is 0.462 e. The fourth-order valence-electron chi connectivity index (χ4n) is 3.60. The van der Waals surface area contributed by atoms with E-state index in [-0.39, 0.29) is 30.3 Å². The maximum Gasteiger partial charge on any atom is 0.283 e. The highest BCUT2D eigenvalue weighted by Crippen LogP contribution is 2.53. The number of halogens is 2. The van der Waals surface area contributed by atoms with Crippen LogP contribution in [0.15, 0.2) is 41.5 Å².